The second-order valence-electron chi connectivity index (χ2n) is 17.4. The molecule has 2 aliphatic carbocycles. The third kappa shape index (κ3) is 5.35. The van der Waals surface area contributed by atoms with Gasteiger partial charge in [0.15, 0.2) is 0 Å². The number of hydrogen-bond donors (Lipinski definition) is 0. The Kier molecular flexibility index (Phi) is 7.67. The van der Waals surface area contributed by atoms with Gasteiger partial charge in [0.2, 0.25) is 0 Å². The van der Waals surface area contributed by atoms with Crippen molar-refractivity contribution in [3.05, 3.63) is 210 Å². The summed E-state index contributed by atoms with van der Waals surface area (Å²) >= 11 is 1.75. The molecule has 2 aliphatic rings. The molecule has 0 aliphatic heterocycles. The molecule has 0 fully saturated rings. The molecule has 1 unspecified atom stereocenters. The Balaban J connectivity index is 0.983. The molecule has 8 aromatic carbocycles. The van der Waals surface area contributed by atoms with Crippen molar-refractivity contribution in [3.8, 4) is 49.6 Å². The fraction of sp³-hybridized carbons (Fsp3) is 0.105. The summed E-state index contributed by atoms with van der Waals surface area (Å²) in [5.74, 6) is 0. The van der Waals surface area contributed by atoms with Gasteiger partial charge in [-0.3, -0.25) is 0 Å². The Morgan fingerprint density at radius 3 is 2.15 bits per heavy atom. The topological polar surface area (TPSA) is 17.8 Å². The highest BCUT2D eigenvalue weighted by molar-refractivity contribution is 7.21. The van der Waals surface area contributed by atoms with Crippen LogP contribution in [0.1, 0.15) is 48.7 Å². The summed E-state index contributed by atoms with van der Waals surface area (Å²) in [5.41, 5.74) is 18.9. The van der Waals surface area contributed by atoms with Crippen molar-refractivity contribution in [2.75, 3.05) is 0 Å². The lowest BCUT2D eigenvalue weighted by Crippen LogP contribution is -2.25. The molecule has 2 nitrogen and oxygen atoms in total. The standard InChI is InChI=1S/C57H42N2S/c1-56(2)48-18-7-6-16-45(48)46-34-41(27-29-49(46)56)39-14-10-15-42(32-39)57(3)31-30-51-47(35-57)54-44(37-22-24-38(25-23-37)55-58-50-19-8-9-21-53(50)60-55)17-11-20-52(54)59(51)43-28-26-36-12-4-5-13-40(36)33-43/h4-34H,35H2,1-3H3. The summed E-state index contributed by atoms with van der Waals surface area (Å²) in [4.78, 5) is 4.96. The third-order valence-electron chi connectivity index (χ3n) is 13.5. The monoisotopic (exact) mass is 786 g/mol. The van der Waals surface area contributed by atoms with Gasteiger partial charge in [-0.2, -0.15) is 0 Å². The van der Waals surface area contributed by atoms with Crippen molar-refractivity contribution >= 4 is 49.3 Å². The van der Waals surface area contributed by atoms with E-state index in [-0.39, 0.29) is 10.8 Å². The average molecular weight is 787 g/mol. The van der Waals surface area contributed by atoms with E-state index in [2.05, 4.69) is 213 Å². The van der Waals surface area contributed by atoms with Gasteiger partial charge in [0.1, 0.15) is 5.01 Å². The van der Waals surface area contributed by atoms with Gasteiger partial charge in [0.05, 0.1) is 15.7 Å². The zero-order valence-corrected chi connectivity index (χ0v) is 34.7. The molecule has 0 spiro atoms. The molecule has 286 valence electrons. The fourth-order valence-corrected chi connectivity index (χ4v) is 11.2. The molecule has 2 heterocycles. The van der Waals surface area contributed by atoms with Crippen LogP contribution in [0.3, 0.4) is 0 Å². The number of benzene rings is 8. The number of aromatic nitrogens is 2. The summed E-state index contributed by atoms with van der Waals surface area (Å²) in [6, 6.07) is 65.2. The van der Waals surface area contributed by atoms with E-state index in [1.165, 1.54) is 93.4 Å². The number of allylic oxidation sites excluding steroid dienone is 1. The number of thiazole rings is 1. The van der Waals surface area contributed by atoms with Crippen LogP contribution in [-0.4, -0.2) is 9.55 Å². The first-order chi connectivity index (χ1) is 29.3. The molecule has 0 amide bonds. The summed E-state index contributed by atoms with van der Waals surface area (Å²) in [6.07, 6.45) is 5.74. The zero-order chi connectivity index (χ0) is 40.2. The molecule has 12 rings (SSSR count). The van der Waals surface area contributed by atoms with Crippen molar-refractivity contribution in [2.24, 2.45) is 0 Å². The highest BCUT2D eigenvalue weighted by Crippen LogP contribution is 2.50. The van der Waals surface area contributed by atoms with E-state index >= 15 is 0 Å². The van der Waals surface area contributed by atoms with Crippen LogP contribution in [0.25, 0.3) is 87.6 Å². The molecule has 10 aromatic rings. The van der Waals surface area contributed by atoms with Crippen LogP contribution in [0.4, 0.5) is 0 Å². The Morgan fingerprint density at radius 2 is 1.27 bits per heavy atom. The zero-order valence-electron chi connectivity index (χ0n) is 33.9. The van der Waals surface area contributed by atoms with Gasteiger partial charge < -0.3 is 4.57 Å². The van der Waals surface area contributed by atoms with Crippen LogP contribution in [0.5, 0.6) is 0 Å². The first kappa shape index (κ1) is 35.2. The molecular formula is C57H42N2S. The van der Waals surface area contributed by atoms with E-state index < -0.39 is 0 Å². The molecule has 0 saturated heterocycles. The number of fused-ring (bicyclic) bond motifs is 8. The van der Waals surface area contributed by atoms with Crippen LogP contribution >= 0.6 is 11.3 Å². The van der Waals surface area contributed by atoms with Gasteiger partial charge in [-0.05, 0) is 115 Å². The molecule has 0 radical (unpaired) electrons. The molecular weight excluding hydrogens is 745 g/mol. The van der Waals surface area contributed by atoms with E-state index in [0.717, 1.165) is 22.5 Å². The normalized spacial score (nSPS) is 16.3. The Hall–Kier alpha value is -6.81. The van der Waals surface area contributed by atoms with E-state index in [9.17, 15) is 0 Å². The second kappa shape index (κ2) is 13.1. The Morgan fingerprint density at radius 1 is 0.550 bits per heavy atom. The minimum absolute atomic E-state index is 0.00624. The predicted molar refractivity (Wildman–Crippen MR) is 254 cm³/mol. The van der Waals surface area contributed by atoms with E-state index in [0.29, 0.717) is 0 Å². The number of nitrogens with zero attached hydrogens (tertiary/aromatic N) is 2. The Bertz CT molecular complexity index is 3360. The highest BCUT2D eigenvalue weighted by atomic mass is 32.1. The molecule has 1 atom stereocenters. The van der Waals surface area contributed by atoms with E-state index in [4.69, 9.17) is 4.98 Å². The maximum absolute atomic E-state index is 4.96. The SMILES string of the molecule is CC1(c2cccc(-c3ccc4c(c3)-c3ccccc3C4(C)C)c2)C=Cc2c(c3c(-c4ccc(-c5nc6ccccc6s5)cc4)cccc3n2-c2ccc3ccccc3c2)C1. The molecule has 3 heteroatoms. The lowest BCUT2D eigenvalue weighted by Gasteiger charge is -2.31. The molecule has 0 bridgehead atoms. The van der Waals surface area contributed by atoms with Crippen LogP contribution in [0.15, 0.2) is 182 Å². The third-order valence-corrected chi connectivity index (χ3v) is 14.5. The summed E-state index contributed by atoms with van der Waals surface area (Å²) in [6.45, 7) is 7.12. The minimum Gasteiger partial charge on any atom is -0.310 e. The van der Waals surface area contributed by atoms with Gasteiger partial charge in [-0.15, -0.1) is 11.3 Å². The van der Waals surface area contributed by atoms with Crippen molar-refractivity contribution in [2.45, 2.75) is 38.0 Å². The van der Waals surface area contributed by atoms with Crippen LogP contribution < -0.4 is 0 Å². The first-order valence-electron chi connectivity index (χ1n) is 21.0. The summed E-state index contributed by atoms with van der Waals surface area (Å²) in [7, 11) is 0. The van der Waals surface area contributed by atoms with E-state index in [1.807, 2.05) is 0 Å². The summed E-state index contributed by atoms with van der Waals surface area (Å²) < 4.78 is 3.71. The number of para-hydroxylation sites is 1. The second-order valence-corrected chi connectivity index (χ2v) is 18.5. The van der Waals surface area contributed by atoms with Crippen LogP contribution in [0, 0.1) is 0 Å². The number of rotatable bonds is 5. The van der Waals surface area contributed by atoms with Gasteiger partial charge in [-0.1, -0.05) is 166 Å². The Labute approximate surface area is 354 Å². The molecule has 2 aromatic heterocycles. The molecule has 0 N–H and O–H groups in total. The van der Waals surface area contributed by atoms with Crippen molar-refractivity contribution in [1.82, 2.24) is 9.55 Å². The summed E-state index contributed by atoms with van der Waals surface area (Å²) in [5, 5.41) is 4.87. The maximum Gasteiger partial charge on any atom is 0.124 e. The largest absolute Gasteiger partial charge is 0.310 e. The smallest absolute Gasteiger partial charge is 0.124 e. The van der Waals surface area contributed by atoms with Crippen molar-refractivity contribution in [1.29, 1.82) is 0 Å². The molecule has 60 heavy (non-hydrogen) atoms. The van der Waals surface area contributed by atoms with Crippen molar-refractivity contribution < 1.29 is 0 Å². The maximum atomic E-state index is 4.96. The first-order valence-corrected chi connectivity index (χ1v) is 21.8. The molecule has 0 saturated carbocycles. The van der Waals surface area contributed by atoms with Crippen LogP contribution in [0.2, 0.25) is 0 Å². The lowest BCUT2D eigenvalue weighted by atomic mass is 9.73. The van der Waals surface area contributed by atoms with Gasteiger partial charge >= 0.3 is 0 Å². The average Bonchev–Trinajstić information content (AvgIpc) is 3.94. The van der Waals surface area contributed by atoms with Gasteiger partial charge in [0.25, 0.3) is 0 Å². The highest BCUT2D eigenvalue weighted by Gasteiger charge is 2.36. The fourth-order valence-electron chi connectivity index (χ4n) is 10.3. The predicted octanol–water partition coefficient (Wildman–Crippen LogP) is 15.2. The van der Waals surface area contributed by atoms with Crippen molar-refractivity contribution in [3.63, 3.8) is 0 Å². The minimum atomic E-state index is -0.222. The van der Waals surface area contributed by atoms with E-state index in [1.54, 1.807) is 11.3 Å². The van der Waals surface area contributed by atoms with Crippen LogP contribution in [-0.2, 0) is 17.3 Å². The van der Waals surface area contributed by atoms with Gasteiger partial charge in [0, 0.05) is 33.2 Å². The lowest BCUT2D eigenvalue weighted by molar-refractivity contribution is 0.588. The number of hydrogen-bond acceptors (Lipinski definition) is 2. The quantitative estimate of drug-likeness (QED) is 0.170. The van der Waals surface area contributed by atoms with Gasteiger partial charge in [-0.25, -0.2) is 4.98 Å².